The lowest BCUT2D eigenvalue weighted by Crippen LogP contribution is -2.57. The number of aliphatic hydroxyl groups excluding tert-OH is 1. The lowest BCUT2D eigenvalue weighted by atomic mass is 9.73. The zero-order valence-corrected chi connectivity index (χ0v) is 13.9. The summed E-state index contributed by atoms with van der Waals surface area (Å²) >= 11 is 1.81. The topological polar surface area (TPSA) is 60.8 Å². The van der Waals surface area contributed by atoms with Crippen LogP contribution in [0.1, 0.15) is 18.4 Å². The number of hydrogen-bond acceptors (Lipinski definition) is 4. The molecule has 1 aliphatic rings. The summed E-state index contributed by atoms with van der Waals surface area (Å²) in [4.78, 5) is 14.2. The number of aliphatic carboxylic acids is 1. The molecule has 0 amide bonds. The van der Waals surface area contributed by atoms with E-state index in [-0.39, 0.29) is 0 Å². The zero-order chi connectivity index (χ0) is 16.0. The third-order valence-corrected chi connectivity index (χ3v) is 5.17. The van der Waals surface area contributed by atoms with E-state index in [9.17, 15) is 15.0 Å². The van der Waals surface area contributed by atoms with Crippen LogP contribution in [0, 0.1) is 5.41 Å². The van der Waals surface area contributed by atoms with Gasteiger partial charge in [-0.3, -0.25) is 4.79 Å². The molecular weight excluding hydrogens is 298 g/mol. The molecule has 4 nitrogen and oxygen atoms in total. The van der Waals surface area contributed by atoms with Gasteiger partial charge in [-0.1, -0.05) is 30.3 Å². The van der Waals surface area contributed by atoms with Gasteiger partial charge < -0.3 is 15.1 Å². The van der Waals surface area contributed by atoms with Gasteiger partial charge >= 0.3 is 5.97 Å². The van der Waals surface area contributed by atoms with Crippen molar-refractivity contribution in [3.63, 3.8) is 0 Å². The fourth-order valence-electron chi connectivity index (χ4n) is 3.21. The smallest absolute Gasteiger partial charge is 0.313 e. The van der Waals surface area contributed by atoms with Crippen molar-refractivity contribution in [3.05, 3.63) is 35.9 Å². The van der Waals surface area contributed by atoms with E-state index in [1.807, 2.05) is 42.1 Å². The molecule has 0 saturated carbocycles. The van der Waals surface area contributed by atoms with Crippen LogP contribution in [-0.2, 0) is 11.2 Å². The number of benzene rings is 1. The van der Waals surface area contributed by atoms with Crippen LogP contribution in [0.4, 0.5) is 0 Å². The van der Waals surface area contributed by atoms with Crippen LogP contribution in [0.15, 0.2) is 30.3 Å². The molecule has 1 heterocycles. The highest BCUT2D eigenvalue weighted by Gasteiger charge is 2.48. The second-order valence-corrected chi connectivity index (χ2v) is 7.04. The fourth-order valence-corrected chi connectivity index (χ4v) is 3.63. The van der Waals surface area contributed by atoms with Crippen molar-refractivity contribution >= 4 is 17.7 Å². The first-order chi connectivity index (χ1) is 10.6. The van der Waals surface area contributed by atoms with E-state index >= 15 is 0 Å². The van der Waals surface area contributed by atoms with Crippen LogP contribution in [0.3, 0.4) is 0 Å². The van der Waals surface area contributed by atoms with Gasteiger partial charge in [0.2, 0.25) is 0 Å². The molecule has 5 heteroatoms. The molecule has 0 spiro atoms. The van der Waals surface area contributed by atoms with Crippen LogP contribution < -0.4 is 0 Å². The summed E-state index contributed by atoms with van der Waals surface area (Å²) in [5, 5.41) is 20.2. The molecule has 22 heavy (non-hydrogen) atoms. The molecule has 0 bridgehead atoms. The predicted molar refractivity (Wildman–Crippen MR) is 90.3 cm³/mol. The maximum absolute atomic E-state index is 12.0. The second-order valence-electron chi connectivity index (χ2n) is 6.05. The summed E-state index contributed by atoms with van der Waals surface area (Å²) in [6, 6.07) is 9.61. The highest BCUT2D eigenvalue weighted by molar-refractivity contribution is 7.98. The van der Waals surface area contributed by atoms with Crippen LogP contribution in [0.25, 0.3) is 0 Å². The normalized spacial score (nSPS) is 26.0. The van der Waals surface area contributed by atoms with Gasteiger partial charge in [-0.2, -0.15) is 11.8 Å². The van der Waals surface area contributed by atoms with Gasteiger partial charge in [-0.15, -0.1) is 0 Å². The van der Waals surface area contributed by atoms with Crippen molar-refractivity contribution < 1.29 is 15.0 Å². The van der Waals surface area contributed by atoms with Gasteiger partial charge in [-0.25, -0.2) is 0 Å². The third kappa shape index (κ3) is 4.03. The van der Waals surface area contributed by atoms with Gasteiger partial charge in [-0.05, 0) is 43.4 Å². The van der Waals surface area contributed by atoms with Gasteiger partial charge in [0.1, 0.15) is 5.41 Å². The zero-order valence-electron chi connectivity index (χ0n) is 13.1. The largest absolute Gasteiger partial charge is 0.481 e. The molecule has 1 fully saturated rings. The number of carboxylic acids is 1. The van der Waals surface area contributed by atoms with E-state index in [1.54, 1.807) is 0 Å². The molecular formula is C17H25NO3S. The number of nitrogens with zero attached hydrogens (tertiary/aromatic N) is 1. The Morgan fingerprint density at radius 3 is 2.77 bits per heavy atom. The molecule has 1 saturated heterocycles. The second kappa shape index (κ2) is 7.99. The molecule has 0 aliphatic carbocycles. The first kappa shape index (κ1) is 17.3. The highest BCUT2D eigenvalue weighted by Crippen LogP contribution is 2.34. The van der Waals surface area contributed by atoms with Crippen molar-refractivity contribution in [2.45, 2.75) is 25.4 Å². The standard InChI is InChI=1S/C17H25NO3S/c1-22-11-5-9-18-10-8-15(19)17(13-18,16(20)21)12-14-6-3-2-4-7-14/h2-4,6-7,15,19H,5,8-13H2,1H3,(H,20,21)/t15-,17+/m0/s1. The number of thioether (sulfide) groups is 1. The maximum Gasteiger partial charge on any atom is 0.313 e. The summed E-state index contributed by atoms with van der Waals surface area (Å²) in [6.07, 6.45) is 3.25. The third-order valence-electron chi connectivity index (χ3n) is 4.47. The number of carboxylic acid groups (broad SMARTS) is 1. The quantitative estimate of drug-likeness (QED) is 0.753. The lowest BCUT2D eigenvalue weighted by molar-refractivity contribution is -0.163. The van der Waals surface area contributed by atoms with Gasteiger partial charge in [0, 0.05) is 13.1 Å². The summed E-state index contributed by atoms with van der Waals surface area (Å²) in [7, 11) is 0. The molecule has 0 aromatic heterocycles. The van der Waals surface area contributed by atoms with Gasteiger partial charge in [0.15, 0.2) is 0 Å². The molecule has 1 aromatic carbocycles. The van der Waals surface area contributed by atoms with Crippen LogP contribution in [-0.4, -0.2) is 58.8 Å². The minimum absolute atomic E-state index is 0.378. The maximum atomic E-state index is 12.0. The Balaban J connectivity index is 2.13. The van der Waals surface area contributed by atoms with Crippen LogP contribution in [0.5, 0.6) is 0 Å². The van der Waals surface area contributed by atoms with E-state index in [0.29, 0.717) is 19.4 Å². The summed E-state index contributed by atoms with van der Waals surface area (Å²) in [5.74, 6) is 0.191. The minimum Gasteiger partial charge on any atom is -0.481 e. The van der Waals surface area contributed by atoms with Gasteiger partial charge in [0.05, 0.1) is 6.10 Å². The molecule has 1 aromatic rings. The number of hydrogen-bond donors (Lipinski definition) is 2. The number of rotatable bonds is 7. The van der Waals surface area contributed by atoms with Gasteiger partial charge in [0.25, 0.3) is 0 Å². The number of aliphatic hydroxyl groups is 1. The van der Waals surface area contributed by atoms with E-state index < -0.39 is 17.5 Å². The summed E-state index contributed by atoms with van der Waals surface area (Å²) in [5.41, 5.74) is -0.131. The lowest BCUT2D eigenvalue weighted by Gasteiger charge is -2.43. The fraction of sp³-hybridized carbons (Fsp3) is 0.588. The van der Waals surface area contributed by atoms with Crippen LogP contribution >= 0.6 is 11.8 Å². The van der Waals surface area contributed by atoms with E-state index in [4.69, 9.17) is 0 Å². The molecule has 122 valence electrons. The van der Waals surface area contributed by atoms with Crippen LogP contribution in [0.2, 0.25) is 0 Å². The molecule has 2 rings (SSSR count). The monoisotopic (exact) mass is 323 g/mol. The number of carbonyl (C=O) groups is 1. The Hall–Kier alpha value is -1.04. The molecule has 1 aliphatic heterocycles. The molecule has 2 atom stereocenters. The van der Waals surface area contributed by atoms with Crippen molar-refractivity contribution in [2.75, 3.05) is 31.6 Å². The molecule has 2 N–H and O–H groups in total. The Kier molecular flexibility index (Phi) is 6.29. The minimum atomic E-state index is -1.10. The Morgan fingerprint density at radius 2 is 2.14 bits per heavy atom. The van der Waals surface area contributed by atoms with E-state index in [1.165, 1.54) is 0 Å². The Bertz CT molecular complexity index is 482. The number of piperidine rings is 1. The van der Waals surface area contributed by atoms with E-state index in [2.05, 4.69) is 11.2 Å². The molecule has 0 radical (unpaired) electrons. The van der Waals surface area contributed by atoms with E-state index in [0.717, 1.165) is 30.8 Å². The first-order valence-corrected chi connectivity index (χ1v) is 9.14. The van der Waals surface area contributed by atoms with Crippen molar-refractivity contribution in [3.8, 4) is 0 Å². The van der Waals surface area contributed by atoms with Crippen molar-refractivity contribution in [2.24, 2.45) is 5.41 Å². The number of likely N-dealkylation sites (tertiary alicyclic amines) is 1. The SMILES string of the molecule is CSCCCN1CC[C@H](O)[C@](Cc2ccccc2)(C(=O)O)C1. The highest BCUT2D eigenvalue weighted by atomic mass is 32.2. The summed E-state index contributed by atoms with van der Waals surface area (Å²) in [6.45, 7) is 2.10. The molecule has 0 unspecified atom stereocenters. The summed E-state index contributed by atoms with van der Waals surface area (Å²) < 4.78 is 0. The Labute approximate surface area is 136 Å². The predicted octanol–water partition coefficient (Wildman–Crippen LogP) is 2.12. The van der Waals surface area contributed by atoms with Crippen molar-refractivity contribution in [1.82, 2.24) is 4.90 Å². The van der Waals surface area contributed by atoms with Crippen molar-refractivity contribution in [1.29, 1.82) is 0 Å². The first-order valence-electron chi connectivity index (χ1n) is 7.75. The average Bonchev–Trinajstić information content (AvgIpc) is 2.51. The Morgan fingerprint density at radius 1 is 1.41 bits per heavy atom. The average molecular weight is 323 g/mol.